The van der Waals surface area contributed by atoms with Crippen molar-refractivity contribution in [2.75, 3.05) is 35.7 Å². The molecule has 0 spiro atoms. The van der Waals surface area contributed by atoms with Crippen molar-refractivity contribution in [1.29, 1.82) is 0 Å². The Morgan fingerprint density at radius 2 is 2.00 bits per heavy atom. The first-order valence-electron chi connectivity index (χ1n) is 5.01. The standard InChI is InChI=1S/C9H16N4O2S/c1-3-16(14,15)5-4-12-9-7-11-6-8(10-2)13-9/h6-7H,3-5H2,1-2H3,(H2,10,12,13). The van der Waals surface area contributed by atoms with Crippen LogP contribution in [0.25, 0.3) is 0 Å². The van der Waals surface area contributed by atoms with Crippen LogP contribution < -0.4 is 10.6 Å². The summed E-state index contributed by atoms with van der Waals surface area (Å²) < 4.78 is 22.4. The predicted octanol–water partition coefficient (Wildman–Crippen LogP) is 0.365. The molecule has 1 heterocycles. The number of aromatic nitrogens is 2. The topological polar surface area (TPSA) is 84.0 Å². The molecule has 0 amide bonds. The van der Waals surface area contributed by atoms with Crippen LogP contribution in [0.4, 0.5) is 11.6 Å². The lowest BCUT2D eigenvalue weighted by atomic mass is 10.6. The van der Waals surface area contributed by atoms with Crippen LogP contribution in [0.1, 0.15) is 6.92 Å². The third kappa shape index (κ3) is 4.01. The average molecular weight is 244 g/mol. The lowest BCUT2D eigenvalue weighted by Crippen LogP contribution is -2.17. The van der Waals surface area contributed by atoms with Crippen LogP contribution in [0.2, 0.25) is 0 Å². The smallest absolute Gasteiger partial charge is 0.151 e. The molecule has 0 unspecified atom stereocenters. The van der Waals surface area contributed by atoms with Crippen LogP contribution in [-0.4, -0.2) is 43.5 Å². The molecule has 0 bridgehead atoms. The predicted molar refractivity (Wildman–Crippen MR) is 64.4 cm³/mol. The van der Waals surface area contributed by atoms with Gasteiger partial charge in [-0.15, -0.1) is 0 Å². The van der Waals surface area contributed by atoms with E-state index >= 15 is 0 Å². The van der Waals surface area contributed by atoms with Crippen LogP contribution in [0, 0.1) is 0 Å². The van der Waals surface area contributed by atoms with Gasteiger partial charge >= 0.3 is 0 Å². The lowest BCUT2D eigenvalue weighted by Gasteiger charge is -2.06. The molecule has 0 aliphatic carbocycles. The highest BCUT2D eigenvalue weighted by Gasteiger charge is 2.06. The summed E-state index contributed by atoms with van der Waals surface area (Å²) in [5.74, 6) is 1.48. The Labute approximate surface area is 95.4 Å². The van der Waals surface area contributed by atoms with Gasteiger partial charge in [-0.05, 0) is 0 Å². The molecule has 1 aromatic heterocycles. The highest BCUT2D eigenvalue weighted by atomic mass is 32.2. The molecule has 1 rings (SSSR count). The second-order valence-electron chi connectivity index (χ2n) is 3.20. The second kappa shape index (κ2) is 5.64. The third-order valence-corrected chi connectivity index (χ3v) is 3.76. The molecule has 0 aliphatic rings. The van der Waals surface area contributed by atoms with Gasteiger partial charge < -0.3 is 10.6 Å². The van der Waals surface area contributed by atoms with Gasteiger partial charge in [0.1, 0.15) is 11.6 Å². The Morgan fingerprint density at radius 1 is 1.31 bits per heavy atom. The van der Waals surface area contributed by atoms with Crippen molar-refractivity contribution in [1.82, 2.24) is 9.97 Å². The maximum Gasteiger partial charge on any atom is 0.151 e. The number of nitrogens with zero attached hydrogens (tertiary/aromatic N) is 2. The van der Waals surface area contributed by atoms with Gasteiger partial charge in [-0.3, -0.25) is 4.98 Å². The van der Waals surface area contributed by atoms with Gasteiger partial charge in [0.2, 0.25) is 0 Å². The number of anilines is 2. The number of nitrogens with one attached hydrogen (secondary N) is 2. The van der Waals surface area contributed by atoms with Crippen LogP contribution in [0.5, 0.6) is 0 Å². The maximum absolute atomic E-state index is 11.2. The zero-order chi connectivity index (χ0) is 12.0. The van der Waals surface area contributed by atoms with E-state index in [0.717, 1.165) is 0 Å². The number of rotatable bonds is 6. The fourth-order valence-electron chi connectivity index (χ4n) is 1.05. The molecule has 90 valence electrons. The lowest BCUT2D eigenvalue weighted by molar-refractivity contribution is 0.597. The molecule has 1 aromatic rings. The number of hydrogen-bond acceptors (Lipinski definition) is 6. The summed E-state index contributed by atoms with van der Waals surface area (Å²) in [6, 6.07) is 0. The fourth-order valence-corrected chi connectivity index (χ4v) is 1.75. The normalized spacial score (nSPS) is 11.1. The summed E-state index contributed by atoms with van der Waals surface area (Å²) in [6.45, 7) is 1.98. The van der Waals surface area contributed by atoms with Crippen molar-refractivity contribution in [3.63, 3.8) is 0 Å². The summed E-state index contributed by atoms with van der Waals surface area (Å²) in [5, 5.41) is 5.77. The van der Waals surface area contributed by atoms with Crippen molar-refractivity contribution in [3.8, 4) is 0 Å². The Bertz CT molecular complexity index is 433. The van der Waals surface area contributed by atoms with Crippen LogP contribution in [0.3, 0.4) is 0 Å². The summed E-state index contributed by atoms with van der Waals surface area (Å²) in [4.78, 5) is 8.11. The van der Waals surface area contributed by atoms with Crippen molar-refractivity contribution in [2.24, 2.45) is 0 Å². The van der Waals surface area contributed by atoms with E-state index in [-0.39, 0.29) is 11.5 Å². The molecule has 0 atom stereocenters. The van der Waals surface area contributed by atoms with Crippen LogP contribution in [0.15, 0.2) is 12.4 Å². The zero-order valence-corrected chi connectivity index (χ0v) is 10.2. The van der Waals surface area contributed by atoms with E-state index in [2.05, 4.69) is 20.6 Å². The summed E-state index contributed by atoms with van der Waals surface area (Å²) in [7, 11) is -1.19. The molecule has 16 heavy (non-hydrogen) atoms. The Hall–Kier alpha value is -1.37. The molecule has 0 radical (unpaired) electrons. The largest absolute Gasteiger partial charge is 0.372 e. The van der Waals surface area contributed by atoms with Gasteiger partial charge in [0.15, 0.2) is 9.84 Å². The van der Waals surface area contributed by atoms with Crippen molar-refractivity contribution < 1.29 is 8.42 Å². The van der Waals surface area contributed by atoms with Gasteiger partial charge in [-0.25, -0.2) is 13.4 Å². The number of sulfone groups is 1. The first-order chi connectivity index (χ1) is 7.57. The summed E-state index contributed by atoms with van der Waals surface area (Å²) >= 11 is 0. The highest BCUT2D eigenvalue weighted by molar-refractivity contribution is 7.91. The second-order valence-corrected chi connectivity index (χ2v) is 5.68. The van der Waals surface area contributed by atoms with Gasteiger partial charge in [0, 0.05) is 19.3 Å². The first kappa shape index (κ1) is 12.7. The fraction of sp³-hybridized carbons (Fsp3) is 0.556. The first-order valence-corrected chi connectivity index (χ1v) is 6.83. The van der Waals surface area contributed by atoms with E-state index in [0.29, 0.717) is 18.2 Å². The number of hydrogen-bond donors (Lipinski definition) is 2. The average Bonchev–Trinajstić information content (AvgIpc) is 2.29. The Balaban J connectivity index is 2.49. The van der Waals surface area contributed by atoms with E-state index in [4.69, 9.17) is 0 Å². The van der Waals surface area contributed by atoms with E-state index < -0.39 is 9.84 Å². The molecule has 0 aliphatic heterocycles. The van der Waals surface area contributed by atoms with Crippen LogP contribution >= 0.6 is 0 Å². The molecule has 0 aromatic carbocycles. The van der Waals surface area contributed by atoms with E-state index in [1.165, 1.54) is 0 Å². The summed E-state index contributed by atoms with van der Waals surface area (Å²) in [5.41, 5.74) is 0. The minimum Gasteiger partial charge on any atom is -0.372 e. The molecule has 0 fully saturated rings. The Kier molecular flexibility index (Phi) is 4.48. The van der Waals surface area contributed by atoms with E-state index in [9.17, 15) is 8.42 Å². The molecule has 0 saturated carbocycles. The van der Waals surface area contributed by atoms with Crippen molar-refractivity contribution >= 4 is 21.5 Å². The SMILES string of the molecule is CCS(=O)(=O)CCNc1cncc(NC)n1. The molecular weight excluding hydrogens is 228 g/mol. The van der Waals surface area contributed by atoms with E-state index in [1.54, 1.807) is 26.4 Å². The third-order valence-electron chi connectivity index (χ3n) is 2.05. The molecule has 6 nitrogen and oxygen atoms in total. The van der Waals surface area contributed by atoms with Crippen LogP contribution in [-0.2, 0) is 9.84 Å². The summed E-state index contributed by atoms with van der Waals surface area (Å²) in [6.07, 6.45) is 3.15. The quantitative estimate of drug-likeness (QED) is 0.752. The Morgan fingerprint density at radius 3 is 2.62 bits per heavy atom. The minimum absolute atomic E-state index is 0.106. The van der Waals surface area contributed by atoms with Gasteiger partial charge in [0.25, 0.3) is 0 Å². The molecule has 7 heteroatoms. The molecular formula is C9H16N4O2S. The van der Waals surface area contributed by atoms with Crippen molar-refractivity contribution in [2.45, 2.75) is 6.92 Å². The zero-order valence-electron chi connectivity index (χ0n) is 9.40. The van der Waals surface area contributed by atoms with Crippen molar-refractivity contribution in [3.05, 3.63) is 12.4 Å². The molecule has 2 N–H and O–H groups in total. The van der Waals surface area contributed by atoms with Gasteiger partial charge in [-0.1, -0.05) is 6.92 Å². The highest BCUT2D eigenvalue weighted by Crippen LogP contribution is 2.05. The van der Waals surface area contributed by atoms with E-state index in [1.807, 2.05) is 0 Å². The molecule has 0 saturated heterocycles. The minimum atomic E-state index is -2.93. The maximum atomic E-state index is 11.2. The van der Waals surface area contributed by atoms with Gasteiger partial charge in [0.05, 0.1) is 18.1 Å². The van der Waals surface area contributed by atoms with Gasteiger partial charge in [-0.2, -0.15) is 0 Å². The monoisotopic (exact) mass is 244 g/mol.